The van der Waals surface area contributed by atoms with Crippen molar-refractivity contribution >= 4 is 16.8 Å². The van der Waals surface area contributed by atoms with E-state index in [0.29, 0.717) is 10.2 Å². The summed E-state index contributed by atoms with van der Waals surface area (Å²) in [5, 5.41) is -0.416. The molecule has 0 aliphatic carbocycles. The van der Waals surface area contributed by atoms with Gasteiger partial charge in [0, 0.05) is 0 Å². The smallest absolute Gasteiger partial charge is 0.288 e. The van der Waals surface area contributed by atoms with Gasteiger partial charge in [-0.2, -0.15) is 0 Å². The van der Waals surface area contributed by atoms with E-state index in [0.717, 1.165) is 19.6 Å². The van der Waals surface area contributed by atoms with Crippen molar-refractivity contribution < 1.29 is 9.28 Å². The third-order valence-electron chi connectivity index (χ3n) is 2.62. The van der Waals surface area contributed by atoms with E-state index in [2.05, 4.69) is 6.58 Å². The number of allylic oxidation sites excluding steroid dienone is 1. The van der Waals surface area contributed by atoms with Crippen LogP contribution in [0.5, 0.6) is 0 Å². The van der Waals surface area contributed by atoms with Crippen molar-refractivity contribution in [1.82, 2.24) is 0 Å². The first-order valence-corrected chi connectivity index (χ1v) is 4.67. The van der Waals surface area contributed by atoms with Crippen molar-refractivity contribution in [3.63, 3.8) is 0 Å². The fourth-order valence-corrected chi connectivity index (χ4v) is 1.61. The SMILES string of the molecule is C=C(C(=O)Cl)[N+](CC)(CC)CC. The number of rotatable bonds is 5. The Kier molecular flexibility index (Phi) is 4.50. The Morgan fingerprint density at radius 3 is 1.67 bits per heavy atom. The summed E-state index contributed by atoms with van der Waals surface area (Å²) < 4.78 is 0.600. The van der Waals surface area contributed by atoms with Crippen molar-refractivity contribution in [1.29, 1.82) is 0 Å². The molecule has 70 valence electrons. The first-order chi connectivity index (χ1) is 5.54. The summed E-state index contributed by atoms with van der Waals surface area (Å²) in [5.74, 6) is 0. The van der Waals surface area contributed by atoms with Gasteiger partial charge in [0.25, 0.3) is 0 Å². The van der Waals surface area contributed by atoms with Gasteiger partial charge in [-0.3, -0.25) is 9.28 Å². The first kappa shape index (κ1) is 11.7. The van der Waals surface area contributed by atoms with E-state index in [1.165, 1.54) is 0 Å². The normalized spacial score (nSPS) is 11.3. The highest BCUT2D eigenvalue weighted by Gasteiger charge is 2.29. The maximum Gasteiger partial charge on any atom is 0.305 e. The minimum Gasteiger partial charge on any atom is -0.288 e. The number of quaternary nitrogens is 1. The lowest BCUT2D eigenvalue weighted by Gasteiger charge is -2.34. The third-order valence-corrected chi connectivity index (χ3v) is 2.83. The number of carbonyl (C=O) groups excluding carboxylic acids is 1. The average molecular weight is 191 g/mol. The van der Waals surface area contributed by atoms with Crippen molar-refractivity contribution in [2.75, 3.05) is 19.6 Å². The summed E-state index contributed by atoms with van der Waals surface area (Å²) in [4.78, 5) is 10.9. The largest absolute Gasteiger partial charge is 0.305 e. The quantitative estimate of drug-likeness (QED) is 0.369. The van der Waals surface area contributed by atoms with Crippen molar-refractivity contribution in [3.05, 3.63) is 12.3 Å². The lowest BCUT2D eigenvalue weighted by molar-refractivity contribution is -0.882. The molecule has 2 nitrogen and oxygen atoms in total. The third kappa shape index (κ3) is 2.08. The molecule has 0 N–H and O–H groups in total. The maximum atomic E-state index is 10.9. The molecule has 0 aromatic heterocycles. The van der Waals surface area contributed by atoms with Gasteiger partial charge < -0.3 is 0 Å². The van der Waals surface area contributed by atoms with Gasteiger partial charge in [-0.15, -0.1) is 0 Å². The van der Waals surface area contributed by atoms with Crippen LogP contribution < -0.4 is 0 Å². The van der Waals surface area contributed by atoms with Crippen molar-refractivity contribution in [3.8, 4) is 0 Å². The Hall–Kier alpha value is -0.340. The Balaban J connectivity index is 4.71. The molecule has 0 radical (unpaired) electrons. The molecule has 0 aromatic rings. The Bertz CT molecular complexity index is 177. The summed E-state index contributed by atoms with van der Waals surface area (Å²) in [6, 6.07) is 0. The first-order valence-electron chi connectivity index (χ1n) is 4.29. The van der Waals surface area contributed by atoms with Crippen LogP contribution in [0.15, 0.2) is 12.3 Å². The summed E-state index contributed by atoms with van der Waals surface area (Å²) in [6.07, 6.45) is 0. The lowest BCUT2D eigenvalue weighted by atomic mass is 10.3. The molecule has 0 amide bonds. The Labute approximate surface area is 79.4 Å². The number of hydrogen-bond acceptors (Lipinski definition) is 1. The van der Waals surface area contributed by atoms with Crippen LogP contribution in [0.25, 0.3) is 0 Å². The predicted octanol–water partition coefficient (Wildman–Crippen LogP) is 2.14. The van der Waals surface area contributed by atoms with E-state index in [9.17, 15) is 4.79 Å². The van der Waals surface area contributed by atoms with Gasteiger partial charge in [0.2, 0.25) is 0 Å². The number of hydrogen-bond donors (Lipinski definition) is 0. The van der Waals surface area contributed by atoms with Crippen LogP contribution in [-0.2, 0) is 4.79 Å². The van der Waals surface area contributed by atoms with Crippen molar-refractivity contribution in [2.45, 2.75) is 20.8 Å². The molecule has 0 atom stereocenters. The predicted molar refractivity (Wildman–Crippen MR) is 51.9 cm³/mol. The van der Waals surface area contributed by atoms with Crippen LogP contribution >= 0.6 is 11.6 Å². The molecule has 12 heavy (non-hydrogen) atoms. The monoisotopic (exact) mass is 190 g/mol. The number of halogens is 1. The van der Waals surface area contributed by atoms with Gasteiger partial charge in [0.05, 0.1) is 19.6 Å². The van der Waals surface area contributed by atoms with E-state index in [1.807, 2.05) is 20.8 Å². The molecule has 0 bridgehead atoms. The average Bonchev–Trinajstić information content (AvgIpc) is 2.08. The van der Waals surface area contributed by atoms with Gasteiger partial charge in [-0.05, 0) is 39.0 Å². The molecule has 0 spiro atoms. The highest BCUT2D eigenvalue weighted by atomic mass is 35.5. The van der Waals surface area contributed by atoms with Gasteiger partial charge in [-0.1, -0.05) is 0 Å². The van der Waals surface area contributed by atoms with E-state index in [4.69, 9.17) is 11.6 Å². The van der Waals surface area contributed by atoms with Crippen LogP contribution in [0.4, 0.5) is 0 Å². The number of likely N-dealkylation sites (N-methyl/N-ethyl adjacent to an activating group) is 1. The molecule has 0 saturated heterocycles. The van der Waals surface area contributed by atoms with E-state index < -0.39 is 5.24 Å². The zero-order chi connectivity index (χ0) is 9.78. The van der Waals surface area contributed by atoms with Crippen LogP contribution in [0.1, 0.15) is 20.8 Å². The molecule has 0 rings (SSSR count). The molecule has 0 heterocycles. The lowest BCUT2D eigenvalue weighted by Crippen LogP contribution is -2.47. The van der Waals surface area contributed by atoms with Crippen LogP contribution in [-0.4, -0.2) is 29.4 Å². The molecule has 0 fully saturated rings. The second-order valence-corrected chi connectivity index (χ2v) is 3.16. The highest BCUT2D eigenvalue weighted by molar-refractivity contribution is 6.67. The second-order valence-electron chi connectivity index (χ2n) is 2.81. The standard InChI is InChI=1S/C9H17ClNO/c1-5-11(6-2,7-3)8(4)9(10)12/h4-7H2,1-3H3/q+1. The molecular formula is C9H17ClNO+. The molecule has 3 heteroatoms. The van der Waals surface area contributed by atoms with Gasteiger partial charge in [0.15, 0.2) is 5.70 Å². The molecule has 0 saturated carbocycles. The van der Waals surface area contributed by atoms with Crippen LogP contribution in [0.2, 0.25) is 0 Å². The van der Waals surface area contributed by atoms with Crippen LogP contribution in [0.3, 0.4) is 0 Å². The maximum absolute atomic E-state index is 10.9. The minimum absolute atomic E-state index is 0.416. The highest BCUT2D eigenvalue weighted by Crippen LogP contribution is 2.17. The molecule has 0 aliphatic heterocycles. The van der Waals surface area contributed by atoms with E-state index in [1.54, 1.807) is 0 Å². The van der Waals surface area contributed by atoms with Crippen LogP contribution in [0, 0.1) is 0 Å². The zero-order valence-electron chi connectivity index (χ0n) is 8.06. The topological polar surface area (TPSA) is 17.1 Å². The molecule has 0 aromatic carbocycles. The van der Waals surface area contributed by atoms with Crippen molar-refractivity contribution in [2.24, 2.45) is 0 Å². The van der Waals surface area contributed by atoms with E-state index in [-0.39, 0.29) is 0 Å². The molecule has 0 aliphatic rings. The second kappa shape index (κ2) is 4.63. The summed E-state index contributed by atoms with van der Waals surface area (Å²) in [6.45, 7) is 12.4. The van der Waals surface area contributed by atoms with E-state index >= 15 is 0 Å². The fraction of sp³-hybridized carbons (Fsp3) is 0.667. The fourth-order valence-electron chi connectivity index (χ4n) is 1.43. The van der Waals surface area contributed by atoms with Gasteiger partial charge in [-0.25, -0.2) is 0 Å². The molecular weight excluding hydrogens is 174 g/mol. The number of carbonyl (C=O) groups is 1. The summed E-state index contributed by atoms with van der Waals surface area (Å²) in [5.41, 5.74) is 0.504. The minimum atomic E-state index is -0.416. The Morgan fingerprint density at radius 2 is 1.58 bits per heavy atom. The van der Waals surface area contributed by atoms with Gasteiger partial charge >= 0.3 is 5.24 Å². The zero-order valence-corrected chi connectivity index (χ0v) is 8.82. The summed E-state index contributed by atoms with van der Waals surface area (Å²) >= 11 is 5.39. The Morgan fingerprint density at radius 1 is 1.25 bits per heavy atom. The number of nitrogens with zero attached hydrogens (tertiary/aromatic N) is 1. The molecule has 0 unspecified atom stereocenters. The van der Waals surface area contributed by atoms with Gasteiger partial charge in [0.1, 0.15) is 0 Å². The summed E-state index contributed by atoms with van der Waals surface area (Å²) in [7, 11) is 0.